The van der Waals surface area contributed by atoms with Crippen molar-refractivity contribution < 1.29 is 9.59 Å². The van der Waals surface area contributed by atoms with Crippen molar-refractivity contribution in [3.8, 4) is 0 Å². The van der Waals surface area contributed by atoms with Crippen molar-refractivity contribution in [2.45, 2.75) is 6.42 Å². The van der Waals surface area contributed by atoms with Gasteiger partial charge in [-0.25, -0.2) is 0 Å². The second-order valence-corrected chi connectivity index (χ2v) is 4.44. The molecule has 1 aromatic rings. The molecule has 18 heavy (non-hydrogen) atoms. The summed E-state index contributed by atoms with van der Waals surface area (Å²) in [7, 11) is 0. The molecule has 2 rings (SSSR count). The normalized spacial score (nSPS) is 15.6. The molecule has 1 aromatic carbocycles. The minimum atomic E-state index is 0.102. The molecule has 0 bridgehead atoms. The van der Waals surface area contributed by atoms with E-state index in [1.54, 1.807) is 21.9 Å². The lowest BCUT2D eigenvalue weighted by atomic mass is 10.1. The molecule has 5 nitrogen and oxygen atoms in total. The fraction of sp³-hybridized carbons (Fsp3) is 0.385. The summed E-state index contributed by atoms with van der Waals surface area (Å²) in [5.74, 6) is 0.102. The van der Waals surface area contributed by atoms with Crippen LogP contribution in [0.2, 0.25) is 0 Å². The monoisotopic (exact) mass is 247 g/mol. The first-order chi connectivity index (χ1) is 8.69. The molecule has 2 amide bonds. The summed E-state index contributed by atoms with van der Waals surface area (Å²) in [6, 6.07) is 7.34. The van der Waals surface area contributed by atoms with Gasteiger partial charge in [0.15, 0.2) is 0 Å². The van der Waals surface area contributed by atoms with Gasteiger partial charge in [-0.3, -0.25) is 9.59 Å². The highest BCUT2D eigenvalue weighted by molar-refractivity contribution is 5.79. The van der Waals surface area contributed by atoms with E-state index in [-0.39, 0.29) is 5.91 Å². The topological polar surface area (TPSA) is 66.6 Å². The number of nitrogen functional groups attached to an aromatic ring is 1. The minimum absolute atomic E-state index is 0.102. The molecule has 0 atom stereocenters. The third-order valence-corrected chi connectivity index (χ3v) is 3.15. The number of hydrogen-bond donors (Lipinski definition) is 1. The summed E-state index contributed by atoms with van der Waals surface area (Å²) >= 11 is 0. The summed E-state index contributed by atoms with van der Waals surface area (Å²) in [5.41, 5.74) is 7.26. The third-order valence-electron chi connectivity index (χ3n) is 3.15. The lowest BCUT2D eigenvalue weighted by molar-refractivity contribution is -0.134. The zero-order valence-corrected chi connectivity index (χ0v) is 10.2. The molecule has 1 aliphatic heterocycles. The lowest BCUT2D eigenvalue weighted by Crippen LogP contribution is -2.48. The van der Waals surface area contributed by atoms with E-state index in [4.69, 9.17) is 5.73 Å². The zero-order valence-electron chi connectivity index (χ0n) is 10.2. The number of nitrogens with zero attached hydrogens (tertiary/aromatic N) is 2. The Labute approximate surface area is 106 Å². The van der Waals surface area contributed by atoms with Crippen LogP contribution in [0.1, 0.15) is 5.56 Å². The van der Waals surface area contributed by atoms with E-state index in [9.17, 15) is 9.59 Å². The Bertz CT molecular complexity index is 422. The standard InChI is InChI=1S/C13H17N3O2/c14-12-3-1-11(2-4-12)9-13(18)16-7-5-15(10-17)6-8-16/h1-4,10H,5-9,14H2. The minimum Gasteiger partial charge on any atom is -0.399 e. The van der Waals surface area contributed by atoms with Gasteiger partial charge in [0.2, 0.25) is 12.3 Å². The van der Waals surface area contributed by atoms with E-state index in [0.29, 0.717) is 38.3 Å². The summed E-state index contributed by atoms with van der Waals surface area (Å²) in [5, 5.41) is 0. The van der Waals surface area contributed by atoms with E-state index in [0.717, 1.165) is 12.0 Å². The van der Waals surface area contributed by atoms with Crippen LogP contribution in [0.15, 0.2) is 24.3 Å². The molecule has 96 valence electrons. The number of rotatable bonds is 3. The summed E-state index contributed by atoms with van der Waals surface area (Å²) in [6.45, 7) is 2.48. The predicted molar refractivity (Wildman–Crippen MR) is 68.8 cm³/mol. The number of nitrogens with two attached hydrogens (primary N) is 1. The molecule has 0 aromatic heterocycles. The van der Waals surface area contributed by atoms with Crippen LogP contribution in [0.4, 0.5) is 5.69 Å². The first-order valence-electron chi connectivity index (χ1n) is 6.00. The summed E-state index contributed by atoms with van der Waals surface area (Å²) < 4.78 is 0. The first-order valence-corrected chi connectivity index (χ1v) is 6.00. The predicted octanol–water partition coefficient (Wildman–Crippen LogP) is 0.112. The van der Waals surface area contributed by atoms with Gasteiger partial charge in [0.1, 0.15) is 0 Å². The third kappa shape index (κ3) is 3.00. The quantitative estimate of drug-likeness (QED) is 0.609. The maximum atomic E-state index is 12.0. The van der Waals surface area contributed by atoms with E-state index in [2.05, 4.69) is 0 Å². The molecule has 0 aliphatic carbocycles. The van der Waals surface area contributed by atoms with Gasteiger partial charge in [0.05, 0.1) is 6.42 Å². The van der Waals surface area contributed by atoms with E-state index >= 15 is 0 Å². The second kappa shape index (κ2) is 5.53. The van der Waals surface area contributed by atoms with Crippen molar-refractivity contribution in [1.29, 1.82) is 0 Å². The molecular formula is C13H17N3O2. The van der Waals surface area contributed by atoms with Crippen molar-refractivity contribution in [3.63, 3.8) is 0 Å². The van der Waals surface area contributed by atoms with E-state index < -0.39 is 0 Å². The van der Waals surface area contributed by atoms with Gasteiger partial charge in [0.25, 0.3) is 0 Å². The number of anilines is 1. The molecular weight excluding hydrogens is 230 g/mol. The van der Waals surface area contributed by atoms with Crippen molar-refractivity contribution in [2.24, 2.45) is 0 Å². The van der Waals surface area contributed by atoms with Crippen LogP contribution >= 0.6 is 0 Å². The van der Waals surface area contributed by atoms with Crippen molar-refractivity contribution >= 4 is 18.0 Å². The van der Waals surface area contributed by atoms with E-state index in [1.165, 1.54) is 0 Å². The first kappa shape index (κ1) is 12.4. The Morgan fingerprint density at radius 1 is 1.17 bits per heavy atom. The van der Waals surface area contributed by atoms with Crippen LogP contribution in [0.25, 0.3) is 0 Å². The van der Waals surface area contributed by atoms with E-state index in [1.807, 2.05) is 12.1 Å². The average molecular weight is 247 g/mol. The van der Waals surface area contributed by atoms with Crippen molar-refractivity contribution in [1.82, 2.24) is 9.80 Å². The zero-order chi connectivity index (χ0) is 13.0. The molecule has 1 aliphatic rings. The van der Waals surface area contributed by atoms with Gasteiger partial charge >= 0.3 is 0 Å². The highest BCUT2D eigenvalue weighted by Crippen LogP contribution is 2.09. The number of hydrogen-bond acceptors (Lipinski definition) is 3. The van der Waals surface area contributed by atoms with Gasteiger partial charge < -0.3 is 15.5 Å². The largest absolute Gasteiger partial charge is 0.399 e. The Morgan fingerprint density at radius 3 is 2.33 bits per heavy atom. The van der Waals surface area contributed by atoms with Crippen molar-refractivity contribution in [2.75, 3.05) is 31.9 Å². The van der Waals surface area contributed by atoms with Crippen LogP contribution in [0, 0.1) is 0 Å². The second-order valence-electron chi connectivity index (χ2n) is 4.44. The summed E-state index contributed by atoms with van der Waals surface area (Å²) in [4.78, 5) is 26.1. The molecule has 0 spiro atoms. The molecule has 0 unspecified atom stereocenters. The molecule has 1 saturated heterocycles. The van der Waals surface area contributed by atoms with Gasteiger partial charge in [-0.2, -0.15) is 0 Å². The van der Waals surface area contributed by atoms with Gasteiger partial charge in [-0.05, 0) is 17.7 Å². The Balaban J connectivity index is 1.88. The number of amides is 2. The van der Waals surface area contributed by atoms with Gasteiger partial charge in [0, 0.05) is 31.9 Å². The van der Waals surface area contributed by atoms with Gasteiger partial charge in [-0.1, -0.05) is 12.1 Å². The highest BCUT2D eigenvalue weighted by atomic mass is 16.2. The fourth-order valence-electron chi connectivity index (χ4n) is 2.00. The van der Waals surface area contributed by atoms with Crippen LogP contribution in [-0.2, 0) is 16.0 Å². The van der Waals surface area contributed by atoms with Gasteiger partial charge in [-0.15, -0.1) is 0 Å². The maximum absolute atomic E-state index is 12.0. The molecule has 0 saturated carbocycles. The summed E-state index contributed by atoms with van der Waals surface area (Å²) in [6.07, 6.45) is 1.23. The maximum Gasteiger partial charge on any atom is 0.227 e. The Kier molecular flexibility index (Phi) is 3.82. The lowest BCUT2D eigenvalue weighted by Gasteiger charge is -2.32. The molecule has 5 heteroatoms. The molecule has 2 N–H and O–H groups in total. The highest BCUT2D eigenvalue weighted by Gasteiger charge is 2.19. The average Bonchev–Trinajstić information content (AvgIpc) is 2.41. The van der Waals surface area contributed by atoms with Crippen LogP contribution in [0.5, 0.6) is 0 Å². The Hall–Kier alpha value is -2.04. The SMILES string of the molecule is Nc1ccc(CC(=O)N2CCN(C=O)CC2)cc1. The van der Waals surface area contributed by atoms with Crippen LogP contribution < -0.4 is 5.73 Å². The number of benzene rings is 1. The molecule has 0 radical (unpaired) electrons. The smallest absolute Gasteiger partial charge is 0.227 e. The number of piperazine rings is 1. The van der Waals surface area contributed by atoms with Crippen LogP contribution in [-0.4, -0.2) is 48.3 Å². The number of carbonyl (C=O) groups is 2. The van der Waals surface area contributed by atoms with Crippen molar-refractivity contribution in [3.05, 3.63) is 29.8 Å². The molecule has 1 heterocycles. The number of carbonyl (C=O) groups excluding carboxylic acids is 2. The van der Waals surface area contributed by atoms with Crippen LogP contribution in [0.3, 0.4) is 0 Å². The fourth-order valence-corrected chi connectivity index (χ4v) is 2.00. The Morgan fingerprint density at radius 2 is 1.78 bits per heavy atom. The molecule has 1 fully saturated rings.